The molecule has 3 rings (SSSR count). The molecule has 2 aliphatic rings. The lowest BCUT2D eigenvalue weighted by Crippen LogP contribution is -2.40. The Morgan fingerprint density at radius 2 is 1.95 bits per heavy atom. The van der Waals surface area contributed by atoms with Gasteiger partial charge in [-0.1, -0.05) is 31.2 Å². The Bertz CT molecular complexity index is 485. The number of carboxylic acid groups (broad SMARTS) is 1. The van der Waals surface area contributed by atoms with E-state index in [-0.39, 0.29) is 6.04 Å². The molecule has 1 saturated heterocycles. The maximum atomic E-state index is 11.4. The number of hydrogen-bond donors (Lipinski definition) is 1. The monoisotopic (exact) mass is 259 g/mol. The van der Waals surface area contributed by atoms with E-state index in [1.807, 2.05) is 0 Å². The molecule has 3 heteroatoms. The standard InChI is InChI=1S/C16H21NO2/c1-11-8-9-14(13-6-3-2-5-12(11)13)17-10-4-7-15(17)16(18)19/h2-3,5-6,11,14-15H,4,7-10H2,1H3,(H,18,19). The van der Waals surface area contributed by atoms with Crippen LogP contribution in [0.1, 0.15) is 55.7 Å². The van der Waals surface area contributed by atoms with Gasteiger partial charge in [0.25, 0.3) is 0 Å². The van der Waals surface area contributed by atoms with Gasteiger partial charge in [0.05, 0.1) is 0 Å². The minimum Gasteiger partial charge on any atom is -0.480 e. The highest BCUT2D eigenvalue weighted by molar-refractivity contribution is 5.74. The van der Waals surface area contributed by atoms with Gasteiger partial charge < -0.3 is 5.11 Å². The summed E-state index contributed by atoms with van der Waals surface area (Å²) in [5.41, 5.74) is 2.77. The second kappa shape index (κ2) is 4.97. The van der Waals surface area contributed by atoms with E-state index in [1.54, 1.807) is 0 Å². The third-order valence-corrected chi connectivity index (χ3v) is 4.74. The summed E-state index contributed by atoms with van der Waals surface area (Å²) in [4.78, 5) is 13.6. The summed E-state index contributed by atoms with van der Waals surface area (Å²) in [7, 11) is 0. The Kier molecular flexibility index (Phi) is 3.31. The van der Waals surface area contributed by atoms with Gasteiger partial charge in [0.1, 0.15) is 6.04 Å². The number of likely N-dealkylation sites (tertiary alicyclic amines) is 1. The van der Waals surface area contributed by atoms with Crippen molar-refractivity contribution in [3.63, 3.8) is 0 Å². The second-order valence-electron chi connectivity index (χ2n) is 5.86. The van der Waals surface area contributed by atoms with Crippen LogP contribution in [0.3, 0.4) is 0 Å². The number of carbonyl (C=O) groups is 1. The minimum atomic E-state index is -0.659. The van der Waals surface area contributed by atoms with Gasteiger partial charge in [0.2, 0.25) is 0 Å². The summed E-state index contributed by atoms with van der Waals surface area (Å²) < 4.78 is 0. The van der Waals surface area contributed by atoms with Crippen molar-refractivity contribution in [3.05, 3.63) is 35.4 Å². The number of nitrogens with zero attached hydrogens (tertiary/aromatic N) is 1. The number of carboxylic acids is 1. The maximum Gasteiger partial charge on any atom is 0.320 e. The highest BCUT2D eigenvalue weighted by Crippen LogP contribution is 2.42. The lowest BCUT2D eigenvalue weighted by Gasteiger charge is -2.37. The fourth-order valence-corrected chi connectivity index (χ4v) is 3.75. The molecule has 19 heavy (non-hydrogen) atoms. The Hall–Kier alpha value is -1.35. The van der Waals surface area contributed by atoms with E-state index < -0.39 is 5.97 Å². The molecular formula is C16H21NO2. The van der Waals surface area contributed by atoms with Crippen LogP contribution in [-0.2, 0) is 4.79 Å². The van der Waals surface area contributed by atoms with E-state index in [1.165, 1.54) is 11.1 Å². The van der Waals surface area contributed by atoms with Crippen LogP contribution in [0.25, 0.3) is 0 Å². The van der Waals surface area contributed by atoms with Gasteiger partial charge in [-0.25, -0.2) is 0 Å². The van der Waals surface area contributed by atoms with Gasteiger partial charge in [-0.15, -0.1) is 0 Å². The van der Waals surface area contributed by atoms with Gasteiger partial charge in [0, 0.05) is 6.04 Å². The van der Waals surface area contributed by atoms with Crippen molar-refractivity contribution in [2.75, 3.05) is 6.54 Å². The van der Waals surface area contributed by atoms with Crippen molar-refractivity contribution >= 4 is 5.97 Å². The maximum absolute atomic E-state index is 11.4. The Morgan fingerprint density at radius 3 is 2.68 bits per heavy atom. The number of aliphatic carboxylic acids is 1. The average molecular weight is 259 g/mol. The first kappa shape index (κ1) is 12.7. The smallest absolute Gasteiger partial charge is 0.320 e. The first-order chi connectivity index (χ1) is 9.18. The molecule has 3 nitrogen and oxygen atoms in total. The van der Waals surface area contributed by atoms with Gasteiger partial charge >= 0.3 is 5.97 Å². The molecule has 1 N–H and O–H groups in total. The highest BCUT2D eigenvalue weighted by atomic mass is 16.4. The lowest BCUT2D eigenvalue weighted by molar-refractivity contribution is -0.143. The van der Waals surface area contributed by atoms with E-state index >= 15 is 0 Å². The van der Waals surface area contributed by atoms with Crippen molar-refractivity contribution in [2.45, 2.75) is 50.6 Å². The van der Waals surface area contributed by atoms with E-state index in [2.05, 4.69) is 36.1 Å². The van der Waals surface area contributed by atoms with E-state index in [0.717, 1.165) is 32.2 Å². The van der Waals surface area contributed by atoms with Crippen LogP contribution in [0, 0.1) is 0 Å². The largest absolute Gasteiger partial charge is 0.480 e. The summed E-state index contributed by atoms with van der Waals surface area (Å²) in [5, 5.41) is 9.37. The fourth-order valence-electron chi connectivity index (χ4n) is 3.75. The van der Waals surface area contributed by atoms with E-state index in [9.17, 15) is 9.90 Å². The van der Waals surface area contributed by atoms with Crippen molar-refractivity contribution in [3.8, 4) is 0 Å². The zero-order valence-corrected chi connectivity index (χ0v) is 11.4. The Balaban J connectivity index is 1.94. The van der Waals surface area contributed by atoms with Gasteiger partial charge in [0.15, 0.2) is 0 Å². The third-order valence-electron chi connectivity index (χ3n) is 4.74. The number of benzene rings is 1. The molecular weight excluding hydrogens is 238 g/mol. The van der Waals surface area contributed by atoms with Crippen molar-refractivity contribution in [1.82, 2.24) is 4.90 Å². The van der Waals surface area contributed by atoms with Crippen LogP contribution in [0.5, 0.6) is 0 Å². The summed E-state index contributed by atoms with van der Waals surface area (Å²) in [6, 6.07) is 8.58. The second-order valence-corrected chi connectivity index (χ2v) is 5.86. The molecule has 0 radical (unpaired) electrons. The minimum absolute atomic E-state index is 0.286. The summed E-state index contributed by atoms with van der Waals surface area (Å²) >= 11 is 0. The van der Waals surface area contributed by atoms with Crippen LogP contribution in [0.4, 0.5) is 0 Å². The van der Waals surface area contributed by atoms with Crippen molar-refractivity contribution < 1.29 is 9.90 Å². The highest BCUT2D eigenvalue weighted by Gasteiger charge is 2.38. The molecule has 1 aliphatic carbocycles. The number of fused-ring (bicyclic) bond motifs is 1. The molecule has 1 aromatic rings. The molecule has 0 amide bonds. The third kappa shape index (κ3) is 2.16. The van der Waals surface area contributed by atoms with Gasteiger partial charge in [-0.2, -0.15) is 0 Å². The van der Waals surface area contributed by atoms with Crippen molar-refractivity contribution in [1.29, 1.82) is 0 Å². The van der Waals surface area contributed by atoms with E-state index in [0.29, 0.717) is 12.0 Å². The Morgan fingerprint density at radius 1 is 1.21 bits per heavy atom. The van der Waals surface area contributed by atoms with Gasteiger partial charge in [-0.3, -0.25) is 9.69 Å². The number of hydrogen-bond acceptors (Lipinski definition) is 2. The van der Waals surface area contributed by atoms with Crippen LogP contribution in [-0.4, -0.2) is 28.6 Å². The quantitative estimate of drug-likeness (QED) is 0.886. The van der Waals surface area contributed by atoms with Gasteiger partial charge in [-0.05, 0) is 49.3 Å². The molecule has 1 fully saturated rings. The van der Waals surface area contributed by atoms with Crippen LogP contribution in [0.15, 0.2) is 24.3 Å². The zero-order valence-electron chi connectivity index (χ0n) is 11.4. The predicted octanol–water partition coefficient (Wildman–Crippen LogP) is 3.17. The summed E-state index contributed by atoms with van der Waals surface area (Å²) in [6.45, 7) is 3.19. The molecule has 1 aliphatic heterocycles. The fraction of sp³-hybridized carbons (Fsp3) is 0.562. The zero-order chi connectivity index (χ0) is 13.4. The predicted molar refractivity (Wildman–Crippen MR) is 74.2 cm³/mol. The SMILES string of the molecule is CC1CCC(N2CCCC2C(=O)O)c2ccccc21. The molecule has 0 aromatic heterocycles. The lowest BCUT2D eigenvalue weighted by atomic mass is 9.80. The average Bonchev–Trinajstić information content (AvgIpc) is 2.89. The molecule has 0 spiro atoms. The van der Waals surface area contributed by atoms with Crippen LogP contribution < -0.4 is 0 Å². The van der Waals surface area contributed by atoms with Crippen molar-refractivity contribution in [2.24, 2.45) is 0 Å². The van der Waals surface area contributed by atoms with Crippen LogP contribution >= 0.6 is 0 Å². The molecule has 3 unspecified atom stereocenters. The topological polar surface area (TPSA) is 40.5 Å². The Labute approximate surface area is 114 Å². The molecule has 0 bridgehead atoms. The molecule has 3 atom stereocenters. The number of rotatable bonds is 2. The first-order valence-electron chi connectivity index (χ1n) is 7.26. The summed E-state index contributed by atoms with van der Waals surface area (Å²) in [6.07, 6.45) is 4.04. The summed E-state index contributed by atoms with van der Waals surface area (Å²) in [5.74, 6) is -0.0630. The molecule has 1 aromatic carbocycles. The molecule has 102 valence electrons. The molecule has 0 saturated carbocycles. The van der Waals surface area contributed by atoms with Crippen LogP contribution in [0.2, 0.25) is 0 Å². The normalized spacial score (nSPS) is 31.1. The first-order valence-corrected chi connectivity index (χ1v) is 7.26. The van der Waals surface area contributed by atoms with E-state index in [4.69, 9.17) is 0 Å². The molecule has 1 heterocycles.